The van der Waals surface area contributed by atoms with Crippen LogP contribution in [0.3, 0.4) is 0 Å². The fourth-order valence-corrected chi connectivity index (χ4v) is 3.85. The highest BCUT2D eigenvalue weighted by Crippen LogP contribution is 2.40. The number of amides is 1. The number of aromatic nitrogens is 2. The molecule has 126 valence electrons. The third kappa shape index (κ3) is 2.53. The Morgan fingerprint density at radius 2 is 2.04 bits per heavy atom. The van der Waals surface area contributed by atoms with Gasteiger partial charge in [0.15, 0.2) is 0 Å². The number of aryl methyl sites for hydroxylation is 1. The maximum atomic E-state index is 12.7. The molecule has 5 heteroatoms. The Kier molecular flexibility index (Phi) is 3.88. The smallest absolute Gasteiger partial charge is 0.253 e. The molecule has 0 saturated carbocycles. The molecule has 1 amide bonds. The number of carbonyl (C=O) groups excluding carboxylic acids is 1. The van der Waals surface area contributed by atoms with Crippen LogP contribution in [0, 0.1) is 0 Å². The molecule has 0 unspecified atom stereocenters. The lowest BCUT2D eigenvalue weighted by molar-refractivity contribution is -0.0962. The van der Waals surface area contributed by atoms with Gasteiger partial charge in [0, 0.05) is 18.7 Å². The monoisotopic (exact) mass is 325 g/mol. The van der Waals surface area contributed by atoms with E-state index in [2.05, 4.69) is 17.1 Å². The molecule has 4 rings (SSSR count). The lowest BCUT2D eigenvalue weighted by atomic mass is 9.83. The van der Waals surface area contributed by atoms with E-state index in [4.69, 9.17) is 4.74 Å². The molecule has 1 aromatic heterocycles. The number of aromatic amines is 1. The summed E-state index contributed by atoms with van der Waals surface area (Å²) >= 11 is 0. The second kappa shape index (κ2) is 6.06. The summed E-state index contributed by atoms with van der Waals surface area (Å²) in [6, 6.07) is 7.96. The van der Waals surface area contributed by atoms with Crippen LogP contribution >= 0.6 is 0 Å². The molecular formula is C19H23N3O2. The van der Waals surface area contributed by atoms with E-state index in [1.807, 2.05) is 35.4 Å². The summed E-state index contributed by atoms with van der Waals surface area (Å²) in [6.07, 6.45) is 5.46. The Morgan fingerprint density at radius 1 is 1.29 bits per heavy atom. The largest absolute Gasteiger partial charge is 0.368 e. The molecule has 2 aliphatic rings. The average molecular weight is 325 g/mol. The first-order valence-electron chi connectivity index (χ1n) is 8.77. The number of ether oxygens (including phenoxy) is 1. The number of H-pyrrole nitrogens is 1. The van der Waals surface area contributed by atoms with Crippen LogP contribution in [0.15, 0.2) is 30.5 Å². The number of nitrogens with zero attached hydrogens (tertiary/aromatic N) is 2. The lowest BCUT2D eigenvalue weighted by Gasteiger charge is -2.43. The molecule has 1 spiro atoms. The van der Waals surface area contributed by atoms with Gasteiger partial charge in [0.2, 0.25) is 0 Å². The van der Waals surface area contributed by atoms with Crippen LogP contribution in [-0.2, 0) is 23.2 Å². The molecule has 1 fully saturated rings. The van der Waals surface area contributed by atoms with Crippen molar-refractivity contribution in [2.24, 2.45) is 0 Å². The molecular weight excluding hydrogens is 302 g/mol. The third-order valence-corrected chi connectivity index (χ3v) is 5.39. The summed E-state index contributed by atoms with van der Waals surface area (Å²) in [5.41, 5.74) is 4.12. The number of piperidine rings is 1. The standard InChI is InChI=1S/C19H23N3O2/c1-2-14-3-5-15(6-4-14)18(23)22-10-8-19(9-11-22)17-16(7-12-24-19)13-20-21-17/h3-6,13H,2,7-12H2,1H3,(H,20,21). The zero-order valence-electron chi connectivity index (χ0n) is 14.0. The van der Waals surface area contributed by atoms with E-state index in [1.54, 1.807) is 0 Å². The molecule has 2 aromatic rings. The highest BCUT2D eigenvalue weighted by Gasteiger charge is 2.43. The first-order valence-corrected chi connectivity index (χ1v) is 8.77. The normalized spacial score (nSPS) is 19.3. The number of hydrogen-bond acceptors (Lipinski definition) is 3. The highest BCUT2D eigenvalue weighted by molar-refractivity contribution is 5.94. The summed E-state index contributed by atoms with van der Waals surface area (Å²) in [7, 11) is 0. The van der Waals surface area contributed by atoms with E-state index in [1.165, 1.54) is 11.1 Å². The molecule has 2 aliphatic heterocycles. The molecule has 24 heavy (non-hydrogen) atoms. The lowest BCUT2D eigenvalue weighted by Crippen LogP contribution is -2.48. The summed E-state index contributed by atoms with van der Waals surface area (Å²) < 4.78 is 6.15. The third-order valence-electron chi connectivity index (χ3n) is 5.39. The first-order chi connectivity index (χ1) is 11.7. The van der Waals surface area contributed by atoms with Gasteiger partial charge in [-0.2, -0.15) is 5.10 Å². The van der Waals surface area contributed by atoms with E-state index < -0.39 is 0 Å². The molecule has 0 bridgehead atoms. The number of nitrogens with one attached hydrogen (secondary N) is 1. The highest BCUT2D eigenvalue weighted by atomic mass is 16.5. The molecule has 0 aliphatic carbocycles. The van der Waals surface area contributed by atoms with Crippen LogP contribution in [0.4, 0.5) is 0 Å². The molecule has 0 atom stereocenters. The van der Waals surface area contributed by atoms with Crippen LogP contribution in [0.2, 0.25) is 0 Å². The number of hydrogen-bond donors (Lipinski definition) is 1. The Balaban J connectivity index is 1.47. The van der Waals surface area contributed by atoms with Gasteiger partial charge in [-0.1, -0.05) is 19.1 Å². The average Bonchev–Trinajstić information content (AvgIpc) is 3.12. The molecule has 0 radical (unpaired) electrons. The van der Waals surface area contributed by atoms with E-state index in [9.17, 15) is 4.79 Å². The zero-order chi connectivity index (χ0) is 16.6. The van der Waals surface area contributed by atoms with Gasteiger partial charge in [-0.3, -0.25) is 9.89 Å². The van der Waals surface area contributed by atoms with Crippen molar-refractivity contribution in [3.05, 3.63) is 52.8 Å². The number of carbonyl (C=O) groups is 1. The van der Waals surface area contributed by atoms with Gasteiger partial charge in [-0.25, -0.2) is 0 Å². The zero-order valence-corrected chi connectivity index (χ0v) is 14.0. The van der Waals surface area contributed by atoms with Gasteiger partial charge in [0.05, 0.1) is 18.5 Å². The van der Waals surface area contributed by atoms with Crippen molar-refractivity contribution in [1.29, 1.82) is 0 Å². The van der Waals surface area contributed by atoms with Gasteiger partial charge in [0.1, 0.15) is 5.60 Å². The van der Waals surface area contributed by atoms with Crippen molar-refractivity contribution < 1.29 is 9.53 Å². The van der Waals surface area contributed by atoms with Crippen molar-refractivity contribution in [3.63, 3.8) is 0 Å². The van der Waals surface area contributed by atoms with Crippen molar-refractivity contribution in [3.8, 4) is 0 Å². The van der Waals surface area contributed by atoms with Crippen molar-refractivity contribution in [1.82, 2.24) is 15.1 Å². The van der Waals surface area contributed by atoms with Gasteiger partial charge in [-0.05, 0) is 48.9 Å². The Labute approximate surface area is 142 Å². The number of benzene rings is 1. The maximum absolute atomic E-state index is 12.7. The van der Waals surface area contributed by atoms with Crippen LogP contribution in [-0.4, -0.2) is 40.7 Å². The molecule has 1 aromatic carbocycles. The fourth-order valence-electron chi connectivity index (χ4n) is 3.85. The Morgan fingerprint density at radius 3 is 2.75 bits per heavy atom. The molecule has 3 heterocycles. The summed E-state index contributed by atoms with van der Waals surface area (Å²) in [6.45, 7) is 4.29. The van der Waals surface area contributed by atoms with E-state index in [0.29, 0.717) is 13.1 Å². The Hall–Kier alpha value is -2.14. The van der Waals surface area contributed by atoms with Gasteiger partial charge < -0.3 is 9.64 Å². The van der Waals surface area contributed by atoms with Crippen molar-refractivity contribution >= 4 is 5.91 Å². The molecule has 1 N–H and O–H groups in total. The van der Waals surface area contributed by atoms with Crippen LogP contribution in [0.25, 0.3) is 0 Å². The summed E-state index contributed by atoms with van der Waals surface area (Å²) in [5.74, 6) is 0.119. The predicted molar refractivity (Wildman–Crippen MR) is 90.9 cm³/mol. The van der Waals surface area contributed by atoms with Crippen molar-refractivity contribution in [2.75, 3.05) is 19.7 Å². The predicted octanol–water partition coefficient (Wildman–Crippen LogP) is 2.68. The molecule has 5 nitrogen and oxygen atoms in total. The maximum Gasteiger partial charge on any atom is 0.253 e. The van der Waals surface area contributed by atoms with Crippen molar-refractivity contribution in [2.45, 2.75) is 38.2 Å². The minimum absolute atomic E-state index is 0.119. The fraction of sp³-hybridized carbons (Fsp3) is 0.474. The minimum atomic E-state index is -0.285. The van der Waals surface area contributed by atoms with Crippen LogP contribution < -0.4 is 0 Å². The van der Waals surface area contributed by atoms with Gasteiger partial charge >= 0.3 is 0 Å². The number of likely N-dealkylation sites (tertiary alicyclic amines) is 1. The summed E-state index contributed by atoms with van der Waals surface area (Å²) in [4.78, 5) is 14.7. The first kappa shape index (κ1) is 15.4. The quantitative estimate of drug-likeness (QED) is 0.923. The van der Waals surface area contributed by atoms with Gasteiger partial charge in [-0.15, -0.1) is 0 Å². The van der Waals surface area contributed by atoms with E-state index in [0.717, 1.165) is 43.5 Å². The topological polar surface area (TPSA) is 58.2 Å². The Bertz CT molecular complexity index is 727. The van der Waals surface area contributed by atoms with E-state index in [-0.39, 0.29) is 11.5 Å². The van der Waals surface area contributed by atoms with Crippen LogP contribution in [0.1, 0.15) is 46.9 Å². The molecule has 1 saturated heterocycles. The second-order valence-corrected chi connectivity index (χ2v) is 6.71. The van der Waals surface area contributed by atoms with Gasteiger partial charge in [0.25, 0.3) is 5.91 Å². The number of rotatable bonds is 2. The SMILES string of the molecule is CCc1ccc(C(=O)N2CCC3(CC2)OCCc2cn[nH]c23)cc1. The van der Waals surface area contributed by atoms with Crippen LogP contribution in [0.5, 0.6) is 0 Å². The van der Waals surface area contributed by atoms with E-state index >= 15 is 0 Å². The minimum Gasteiger partial charge on any atom is -0.368 e. The number of fused-ring (bicyclic) bond motifs is 2. The second-order valence-electron chi connectivity index (χ2n) is 6.71. The summed E-state index contributed by atoms with van der Waals surface area (Å²) in [5, 5.41) is 7.31.